The molecule has 6 nitrogen and oxygen atoms in total. The van der Waals surface area contributed by atoms with Gasteiger partial charge in [-0.1, -0.05) is 5.16 Å². The van der Waals surface area contributed by atoms with Gasteiger partial charge < -0.3 is 19.3 Å². The first-order valence-corrected chi connectivity index (χ1v) is 7.53. The molecule has 0 saturated carbocycles. The van der Waals surface area contributed by atoms with E-state index in [4.69, 9.17) is 9.26 Å². The van der Waals surface area contributed by atoms with Gasteiger partial charge in [-0.05, 0) is 25.0 Å². The molecule has 1 amide bonds. The molecule has 0 radical (unpaired) electrons. The van der Waals surface area contributed by atoms with Crippen LogP contribution in [0.3, 0.4) is 0 Å². The number of nitrogens with zero attached hydrogens (tertiary/aromatic N) is 2. The lowest BCUT2D eigenvalue weighted by atomic mass is 10.1. The van der Waals surface area contributed by atoms with Crippen LogP contribution in [0.2, 0.25) is 0 Å². The Morgan fingerprint density at radius 1 is 1.33 bits per heavy atom. The normalized spacial score (nSPS) is 15.5. The number of carbonyl (C=O) groups is 1. The van der Waals surface area contributed by atoms with Gasteiger partial charge in [0, 0.05) is 25.2 Å². The number of hydrogen-bond donors (Lipinski definition) is 1. The van der Waals surface area contributed by atoms with Crippen LogP contribution in [0, 0.1) is 11.6 Å². The van der Waals surface area contributed by atoms with Crippen molar-refractivity contribution in [3.8, 4) is 5.75 Å². The van der Waals surface area contributed by atoms with Gasteiger partial charge in [0.1, 0.15) is 12.4 Å². The minimum Gasteiger partial charge on any atom is -0.482 e. The van der Waals surface area contributed by atoms with E-state index in [9.17, 15) is 18.7 Å². The van der Waals surface area contributed by atoms with Crippen LogP contribution >= 0.6 is 0 Å². The van der Waals surface area contributed by atoms with Crippen molar-refractivity contribution >= 4 is 5.91 Å². The van der Waals surface area contributed by atoms with Gasteiger partial charge in [0.05, 0.1) is 6.10 Å². The molecule has 1 saturated heterocycles. The first-order valence-electron chi connectivity index (χ1n) is 7.53. The summed E-state index contributed by atoms with van der Waals surface area (Å²) in [6, 6.07) is 4.40. The number of likely N-dealkylation sites (tertiary alicyclic amines) is 1. The van der Waals surface area contributed by atoms with Crippen LogP contribution in [0.25, 0.3) is 0 Å². The van der Waals surface area contributed by atoms with Crippen molar-refractivity contribution in [1.82, 2.24) is 10.1 Å². The number of aliphatic hydroxyl groups excluding tert-OH is 1. The summed E-state index contributed by atoms with van der Waals surface area (Å²) in [6.07, 6.45) is 0.688. The summed E-state index contributed by atoms with van der Waals surface area (Å²) in [5.74, 6) is -1.67. The Morgan fingerprint density at radius 3 is 2.79 bits per heavy atom. The number of carbonyl (C=O) groups excluding carboxylic acids is 1. The molecule has 1 aromatic carbocycles. The van der Waals surface area contributed by atoms with Crippen molar-refractivity contribution < 1.29 is 27.9 Å². The molecule has 0 unspecified atom stereocenters. The van der Waals surface area contributed by atoms with Crippen LogP contribution in [0.5, 0.6) is 5.75 Å². The lowest BCUT2D eigenvalue weighted by molar-refractivity contribution is 0.0538. The Bertz CT molecular complexity index is 727. The van der Waals surface area contributed by atoms with Crippen LogP contribution in [0.15, 0.2) is 28.8 Å². The fraction of sp³-hybridized carbons (Fsp3) is 0.375. The lowest BCUT2D eigenvalue weighted by Crippen LogP contribution is -2.40. The van der Waals surface area contributed by atoms with Gasteiger partial charge in [-0.2, -0.15) is 0 Å². The largest absolute Gasteiger partial charge is 0.482 e. The van der Waals surface area contributed by atoms with E-state index in [1.54, 1.807) is 4.90 Å². The van der Waals surface area contributed by atoms with E-state index in [-0.39, 0.29) is 35.8 Å². The first-order chi connectivity index (χ1) is 11.5. The second kappa shape index (κ2) is 6.96. The Kier molecular flexibility index (Phi) is 4.75. The number of ether oxygens (including phenoxy) is 1. The highest BCUT2D eigenvalue weighted by molar-refractivity contribution is 5.92. The topological polar surface area (TPSA) is 75.8 Å². The molecule has 0 spiro atoms. The molecule has 0 bridgehead atoms. The maximum absolute atomic E-state index is 13.5. The van der Waals surface area contributed by atoms with Crippen molar-refractivity contribution in [2.75, 3.05) is 13.1 Å². The van der Waals surface area contributed by atoms with Crippen LogP contribution in [0.1, 0.15) is 29.1 Å². The Balaban J connectivity index is 1.60. The average molecular weight is 338 g/mol. The number of benzene rings is 1. The molecule has 8 heteroatoms. The molecule has 0 aliphatic carbocycles. The van der Waals surface area contributed by atoms with Crippen molar-refractivity contribution in [3.05, 3.63) is 47.4 Å². The van der Waals surface area contributed by atoms with E-state index in [2.05, 4.69) is 5.16 Å². The standard InChI is InChI=1S/C16H16F2N2O4/c17-10-1-2-15(13(18)7-10)23-9-12-8-14(19-24-12)16(22)20-5-3-11(21)4-6-20/h1-2,7-8,11,21H,3-6,9H2. The predicted molar refractivity (Wildman–Crippen MR) is 78.3 cm³/mol. The second-order valence-electron chi connectivity index (χ2n) is 5.57. The molecule has 0 atom stereocenters. The molecule has 1 aromatic heterocycles. The molecule has 1 aliphatic rings. The molecular weight excluding hydrogens is 322 g/mol. The van der Waals surface area contributed by atoms with Crippen LogP contribution < -0.4 is 4.74 Å². The third-order valence-electron chi connectivity index (χ3n) is 3.79. The maximum atomic E-state index is 13.5. The SMILES string of the molecule is O=C(c1cc(COc2ccc(F)cc2F)on1)N1CCC(O)CC1. The smallest absolute Gasteiger partial charge is 0.276 e. The fourth-order valence-corrected chi connectivity index (χ4v) is 2.45. The molecule has 3 rings (SSSR count). The summed E-state index contributed by atoms with van der Waals surface area (Å²) in [5, 5.41) is 13.2. The summed E-state index contributed by atoms with van der Waals surface area (Å²) < 4.78 is 36.5. The highest BCUT2D eigenvalue weighted by Crippen LogP contribution is 2.20. The average Bonchev–Trinajstić information content (AvgIpc) is 3.03. The quantitative estimate of drug-likeness (QED) is 0.924. The van der Waals surface area contributed by atoms with E-state index in [0.717, 1.165) is 12.1 Å². The minimum absolute atomic E-state index is 0.120. The zero-order valence-electron chi connectivity index (χ0n) is 12.7. The van der Waals surface area contributed by atoms with Crippen LogP contribution in [0.4, 0.5) is 8.78 Å². The van der Waals surface area contributed by atoms with E-state index >= 15 is 0 Å². The molecule has 1 aliphatic heterocycles. The minimum atomic E-state index is -0.822. The second-order valence-corrected chi connectivity index (χ2v) is 5.57. The Morgan fingerprint density at radius 2 is 2.08 bits per heavy atom. The summed E-state index contributed by atoms with van der Waals surface area (Å²) >= 11 is 0. The number of amides is 1. The van der Waals surface area contributed by atoms with Crippen molar-refractivity contribution in [2.45, 2.75) is 25.6 Å². The van der Waals surface area contributed by atoms with E-state index < -0.39 is 11.6 Å². The summed E-state index contributed by atoms with van der Waals surface area (Å²) in [7, 11) is 0. The number of rotatable bonds is 4. The third kappa shape index (κ3) is 3.70. The number of hydrogen-bond acceptors (Lipinski definition) is 5. The van der Waals surface area contributed by atoms with Gasteiger partial charge in [0.2, 0.25) is 0 Å². The van der Waals surface area contributed by atoms with Crippen molar-refractivity contribution in [1.29, 1.82) is 0 Å². The highest BCUT2D eigenvalue weighted by Gasteiger charge is 2.24. The van der Waals surface area contributed by atoms with Crippen LogP contribution in [-0.2, 0) is 6.61 Å². The lowest BCUT2D eigenvalue weighted by Gasteiger charge is -2.28. The van der Waals surface area contributed by atoms with Gasteiger partial charge >= 0.3 is 0 Å². The van der Waals surface area contributed by atoms with E-state index in [1.165, 1.54) is 12.1 Å². The Hall–Kier alpha value is -2.48. The molecule has 2 heterocycles. The highest BCUT2D eigenvalue weighted by atomic mass is 19.1. The van der Waals surface area contributed by atoms with Crippen molar-refractivity contribution in [3.63, 3.8) is 0 Å². The molecule has 24 heavy (non-hydrogen) atoms. The summed E-state index contributed by atoms with van der Waals surface area (Å²) in [6.45, 7) is 0.778. The number of aromatic nitrogens is 1. The molecular formula is C16H16F2N2O4. The zero-order chi connectivity index (χ0) is 17.1. The zero-order valence-corrected chi connectivity index (χ0v) is 12.7. The molecule has 1 N–H and O–H groups in total. The van der Waals surface area contributed by atoms with Gasteiger partial charge in [-0.3, -0.25) is 4.79 Å². The number of halogens is 2. The third-order valence-corrected chi connectivity index (χ3v) is 3.79. The van der Waals surface area contributed by atoms with Gasteiger partial charge in [0.25, 0.3) is 5.91 Å². The van der Waals surface area contributed by atoms with Gasteiger partial charge in [-0.25, -0.2) is 8.78 Å². The first kappa shape index (κ1) is 16.4. The summed E-state index contributed by atoms with van der Waals surface area (Å²) in [5.41, 5.74) is 0.129. The van der Waals surface area contributed by atoms with Crippen LogP contribution in [-0.4, -0.2) is 40.3 Å². The molecule has 128 valence electrons. The van der Waals surface area contributed by atoms with E-state index in [0.29, 0.717) is 25.9 Å². The molecule has 2 aromatic rings. The number of piperidine rings is 1. The molecule has 1 fully saturated rings. The fourth-order valence-electron chi connectivity index (χ4n) is 2.45. The predicted octanol–water partition coefficient (Wildman–Crippen LogP) is 2.13. The Labute approximate surface area is 136 Å². The van der Waals surface area contributed by atoms with Crippen molar-refractivity contribution in [2.24, 2.45) is 0 Å². The van der Waals surface area contributed by atoms with Gasteiger partial charge in [-0.15, -0.1) is 0 Å². The summed E-state index contributed by atoms with van der Waals surface area (Å²) in [4.78, 5) is 13.9. The van der Waals surface area contributed by atoms with Gasteiger partial charge in [0.15, 0.2) is 23.0 Å². The monoisotopic (exact) mass is 338 g/mol. The van der Waals surface area contributed by atoms with E-state index in [1.807, 2.05) is 0 Å². The number of aliphatic hydroxyl groups is 1. The maximum Gasteiger partial charge on any atom is 0.276 e.